The van der Waals surface area contributed by atoms with Crippen LogP contribution in [-0.2, 0) is 32.7 Å². The lowest BCUT2D eigenvalue weighted by atomic mass is 10.0. The summed E-state index contributed by atoms with van der Waals surface area (Å²) in [6.45, 7) is 2.22. The summed E-state index contributed by atoms with van der Waals surface area (Å²) in [6, 6.07) is 0. The molecule has 0 aliphatic carbocycles. The molecule has 55 heavy (non-hydrogen) atoms. The molecular weight excluding hydrogens is 719 g/mol. The highest BCUT2D eigenvalue weighted by atomic mass is 31.2. The first-order valence-corrected chi connectivity index (χ1v) is 23.1. The van der Waals surface area contributed by atoms with Gasteiger partial charge in [-0.25, -0.2) is 4.57 Å². The Hall–Kier alpha value is -2.07. The smallest absolute Gasteiger partial charge is 0.462 e. The van der Waals surface area contributed by atoms with Crippen LogP contribution in [-0.4, -0.2) is 65.7 Å². The number of ether oxygens (including phenoxy) is 2. The molecule has 0 aromatic heterocycles. The average molecular weight is 799 g/mol. The third-order valence-corrected chi connectivity index (χ3v) is 9.95. The molecule has 10 nitrogen and oxygen atoms in total. The van der Waals surface area contributed by atoms with E-state index in [4.69, 9.17) is 19.1 Å². The molecule has 0 rings (SSSR count). The second kappa shape index (κ2) is 40.1. The Morgan fingerprint density at radius 1 is 0.564 bits per heavy atom. The van der Waals surface area contributed by atoms with Gasteiger partial charge in [0, 0.05) is 12.8 Å². The van der Waals surface area contributed by atoms with E-state index in [1.165, 1.54) is 83.5 Å². The molecule has 1 unspecified atom stereocenters. The fraction of sp³-hybridized carbons (Fsp3) is 0.773. The van der Waals surface area contributed by atoms with Crippen molar-refractivity contribution in [3.05, 3.63) is 48.6 Å². The van der Waals surface area contributed by atoms with Crippen LogP contribution >= 0.6 is 7.82 Å². The van der Waals surface area contributed by atoms with E-state index < -0.39 is 51.8 Å². The minimum absolute atomic E-state index is 0.132. The van der Waals surface area contributed by atoms with Gasteiger partial charge in [0.05, 0.1) is 19.8 Å². The zero-order chi connectivity index (χ0) is 40.5. The van der Waals surface area contributed by atoms with Crippen LogP contribution in [0.4, 0.5) is 0 Å². The molecule has 0 radical (unpaired) electrons. The number of hydrogen-bond acceptors (Lipinski definition) is 9. The summed E-state index contributed by atoms with van der Waals surface area (Å²) in [4.78, 5) is 35.0. The quantitative estimate of drug-likeness (QED) is 0.0237. The van der Waals surface area contributed by atoms with Crippen molar-refractivity contribution in [1.29, 1.82) is 0 Å². The molecular formula is C44H79O10P. The number of aliphatic hydroxyl groups is 2. The molecule has 0 saturated carbocycles. The maximum Gasteiger partial charge on any atom is 0.472 e. The summed E-state index contributed by atoms with van der Waals surface area (Å²) in [5, 5.41) is 18.3. The third kappa shape index (κ3) is 39.9. The number of hydrogen-bond donors (Lipinski definition) is 3. The molecule has 0 spiro atoms. The van der Waals surface area contributed by atoms with Crippen LogP contribution < -0.4 is 0 Å². The van der Waals surface area contributed by atoms with Gasteiger partial charge in [0.15, 0.2) is 6.10 Å². The molecule has 0 aliphatic heterocycles. The number of phosphoric acid groups is 1. The highest BCUT2D eigenvalue weighted by Crippen LogP contribution is 2.43. The summed E-state index contributed by atoms with van der Waals surface area (Å²) < 4.78 is 32.7. The number of carbonyl (C=O) groups is 2. The van der Waals surface area contributed by atoms with Gasteiger partial charge in [0.25, 0.3) is 0 Å². The van der Waals surface area contributed by atoms with Crippen molar-refractivity contribution in [1.82, 2.24) is 0 Å². The van der Waals surface area contributed by atoms with Crippen LogP contribution in [0.2, 0.25) is 0 Å². The number of aliphatic hydroxyl groups excluding tert-OH is 2. The second-order valence-electron chi connectivity index (χ2n) is 14.3. The van der Waals surface area contributed by atoms with Gasteiger partial charge in [-0.2, -0.15) is 0 Å². The third-order valence-electron chi connectivity index (χ3n) is 9.00. The topological polar surface area (TPSA) is 149 Å². The summed E-state index contributed by atoms with van der Waals surface area (Å²) in [5.41, 5.74) is 0. The Bertz CT molecular complexity index is 1060. The molecule has 3 N–H and O–H groups in total. The maximum absolute atomic E-state index is 12.6. The van der Waals surface area contributed by atoms with Gasteiger partial charge in [-0.05, 0) is 51.4 Å². The van der Waals surface area contributed by atoms with Crippen LogP contribution in [0.25, 0.3) is 0 Å². The van der Waals surface area contributed by atoms with E-state index in [1.54, 1.807) is 0 Å². The maximum atomic E-state index is 12.6. The van der Waals surface area contributed by atoms with Gasteiger partial charge in [-0.3, -0.25) is 18.6 Å². The van der Waals surface area contributed by atoms with Crippen LogP contribution in [0.3, 0.4) is 0 Å². The zero-order valence-electron chi connectivity index (χ0n) is 34.6. The van der Waals surface area contributed by atoms with Crippen molar-refractivity contribution in [3.63, 3.8) is 0 Å². The van der Waals surface area contributed by atoms with Crippen molar-refractivity contribution in [2.75, 3.05) is 26.4 Å². The Labute approximate surface area is 334 Å². The molecule has 0 aromatic carbocycles. The highest BCUT2D eigenvalue weighted by Gasteiger charge is 2.27. The van der Waals surface area contributed by atoms with E-state index in [9.17, 15) is 24.2 Å². The van der Waals surface area contributed by atoms with E-state index >= 15 is 0 Å². The standard InChI is InChI=1S/C44H79O10P/c1-3-5-7-9-11-13-15-17-19-20-22-23-25-27-29-31-33-35-43(47)51-39-42(40-53-55(49,50)52-38-41(46)37-45)54-44(48)36-34-32-30-28-26-24-21-18-16-14-12-10-8-6-4-2/h6,8,12,14,18,21,26,28,41-42,45-46H,3-5,7,9-11,13,15-17,19-20,22-25,27,29-40H2,1-2H3,(H,49,50)/b8-6-,14-12-,21-18-,28-26-/t41-,42+/m0/s1. The zero-order valence-corrected chi connectivity index (χ0v) is 35.5. The van der Waals surface area contributed by atoms with E-state index in [1.807, 2.05) is 0 Å². The molecule has 0 fully saturated rings. The second-order valence-corrected chi connectivity index (χ2v) is 15.8. The Balaban J connectivity index is 4.34. The van der Waals surface area contributed by atoms with Gasteiger partial charge in [-0.15, -0.1) is 0 Å². The summed E-state index contributed by atoms with van der Waals surface area (Å²) in [5.74, 6) is -0.971. The summed E-state index contributed by atoms with van der Waals surface area (Å²) in [6.07, 6.45) is 42.3. The molecule has 0 heterocycles. The van der Waals surface area contributed by atoms with E-state index in [-0.39, 0.29) is 19.4 Å². The minimum Gasteiger partial charge on any atom is -0.462 e. The molecule has 0 bridgehead atoms. The molecule has 3 atom stereocenters. The summed E-state index contributed by atoms with van der Waals surface area (Å²) >= 11 is 0. The lowest BCUT2D eigenvalue weighted by molar-refractivity contribution is -0.161. The van der Waals surface area contributed by atoms with E-state index in [2.05, 4.69) is 67.0 Å². The van der Waals surface area contributed by atoms with E-state index in [0.29, 0.717) is 12.8 Å². The van der Waals surface area contributed by atoms with Crippen molar-refractivity contribution in [2.24, 2.45) is 0 Å². The van der Waals surface area contributed by atoms with E-state index in [0.717, 1.165) is 57.8 Å². The van der Waals surface area contributed by atoms with Crippen LogP contribution in [0, 0.1) is 0 Å². The molecule has 0 aliphatic rings. The SMILES string of the molecule is CC/C=C\C/C=C\C/C=C\C/C=C\CCCCC(=O)O[C@H](COC(=O)CCCCCCCCCCCCCCCCCCC)COP(=O)(O)OC[C@@H](O)CO. The monoisotopic (exact) mass is 799 g/mol. The predicted molar refractivity (Wildman–Crippen MR) is 224 cm³/mol. The molecule has 0 amide bonds. The normalized spacial score (nSPS) is 14.3. The van der Waals surface area contributed by atoms with Gasteiger partial charge in [-0.1, -0.05) is 165 Å². The van der Waals surface area contributed by atoms with Crippen molar-refractivity contribution >= 4 is 19.8 Å². The number of allylic oxidation sites excluding steroid dienone is 8. The van der Waals surface area contributed by atoms with Crippen molar-refractivity contribution in [2.45, 2.75) is 193 Å². The van der Waals surface area contributed by atoms with Crippen LogP contribution in [0.15, 0.2) is 48.6 Å². The largest absolute Gasteiger partial charge is 0.472 e. The first-order valence-electron chi connectivity index (χ1n) is 21.6. The predicted octanol–water partition coefficient (Wildman–Crippen LogP) is 11.3. The first-order chi connectivity index (χ1) is 26.7. The fourth-order valence-electron chi connectivity index (χ4n) is 5.69. The number of carbonyl (C=O) groups excluding carboxylic acids is 2. The highest BCUT2D eigenvalue weighted by molar-refractivity contribution is 7.47. The Morgan fingerprint density at radius 2 is 1.00 bits per heavy atom. The van der Waals surface area contributed by atoms with Crippen LogP contribution in [0.5, 0.6) is 0 Å². The van der Waals surface area contributed by atoms with Gasteiger partial charge >= 0.3 is 19.8 Å². The van der Waals surface area contributed by atoms with Crippen LogP contribution in [0.1, 0.15) is 181 Å². The summed E-state index contributed by atoms with van der Waals surface area (Å²) in [7, 11) is -4.63. The lowest BCUT2D eigenvalue weighted by Crippen LogP contribution is -2.29. The minimum atomic E-state index is -4.63. The van der Waals surface area contributed by atoms with Gasteiger partial charge in [0.1, 0.15) is 12.7 Å². The number of rotatable bonds is 40. The molecule has 11 heteroatoms. The number of esters is 2. The molecule has 0 aromatic rings. The first kappa shape index (κ1) is 52.9. The lowest BCUT2D eigenvalue weighted by Gasteiger charge is -2.20. The fourth-order valence-corrected chi connectivity index (χ4v) is 6.48. The molecule has 320 valence electrons. The Morgan fingerprint density at radius 3 is 1.51 bits per heavy atom. The molecule has 0 saturated heterocycles. The van der Waals surface area contributed by atoms with Gasteiger partial charge < -0.3 is 24.6 Å². The average Bonchev–Trinajstić information content (AvgIpc) is 3.17. The van der Waals surface area contributed by atoms with Crippen molar-refractivity contribution < 1.29 is 47.8 Å². The number of phosphoric ester groups is 1. The number of unbranched alkanes of at least 4 members (excludes halogenated alkanes) is 18. The van der Waals surface area contributed by atoms with Gasteiger partial charge in [0.2, 0.25) is 0 Å². The van der Waals surface area contributed by atoms with Crippen molar-refractivity contribution in [3.8, 4) is 0 Å². The Kier molecular flexibility index (Phi) is 38.6.